The highest BCUT2D eigenvalue weighted by Crippen LogP contribution is 2.57. The zero-order valence-electron chi connectivity index (χ0n) is 10.3. The Hall–Kier alpha value is -1.46. The minimum absolute atomic E-state index is 0.000423. The van der Waals surface area contributed by atoms with E-state index in [4.69, 9.17) is 16.3 Å². The van der Waals surface area contributed by atoms with Gasteiger partial charge >= 0.3 is 5.97 Å². The standard InChI is InChI=1S/C16H13ClO2/c17-14-4-2-1-3-9(14)5-6-11-10-7-12-13(8-10)16(18)19-15(11)12/h1-4,10-13,15H,7-8H2/t10-,11-,12+,13-,15+/m1/s1. The van der Waals surface area contributed by atoms with Gasteiger partial charge in [0, 0.05) is 11.5 Å². The highest BCUT2D eigenvalue weighted by Gasteiger charge is 2.61. The Morgan fingerprint density at radius 3 is 2.95 bits per heavy atom. The molecule has 0 aromatic heterocycles. The van der Waals surface area contributed by atoms with Crippen LogP contribution in [0.15, 0.2) is 24.3 Å². The van der Waals surface area contributed by atoms with Gasteiger partial charge in [-0.25, -0.2) is 0 Å². The van der Waals surface area contributed by atoms with Crippen LogP contribution >= 0.6 is 11.6 Å². The topological polar surface area (TPSA) is 26.3 Å². The molecule has 2 aliphatic carbocycles. The van der Waals surface area contributed by atoms with Crippen LogP contribution in [0.2, 0.25) is 5.02 Å². The van der Waals surface area contributed by atoms with E-state index in [0.717, 1.165) is 18.4 Å². The molecule has 0 unspecified atom stereocenters. The van der Waals surface area contributed by atoms with Gasteiger partial charge in [-0.3, -0.25) is 4.79 Å². The third-order valence-electron chi connectivity index (χ3n) is 4.73. The fourth-order valence-corrected chi connectivity index (χ4v) is 4.06. The summed E-state index contributed by atoms with van der Waals surface area (Å²) in [6, 6.07) is 7.60. The van der Waals surface area contributed by atoms with Crippen LogP contribution in [0.5, 0.6) is 0 Å². The van der Waals surface area contributed by atoms with Crippen molar-refractivity contribution < 1.29 is 9.53 Å². The number of fused-ring (bicyclic) bond motifs is 1. The summed E-state index contributed by atoms with van der Waals surface area (Å²) >= 11 is 6.10. The van der Waals surface area contributed by atoms with Crippen molar-refractivity contribution in [2.45, 2.75) is 18.9 Å². The lowest BCUT2D eigenvalue weighted by atomic mass is 9.82. The molecule has 2 bridgehead atoms. The number of esters is 1. The Morgan fingerprint density at radius 2 is 2.11 bits per heavy atom. The van der Waals surface area contributed by atoms with Crippen LogP contribution in [-0.4, -0.2) is 12.1 Å². The molecule has 1 heterocycles. The second-order valence-corrected chi connectivity index (χ2v) is 6.09. The van der Waals surface area contributed by atoms with Crippen LogP contribution in [0.1, 0.15) is 18.4 Å². The predicted octanol–water partition coefficient (Wildman–Crippen LogP) is 2.89. The number of benzene rings is 1. The van der Waals surface area contributed by atoms with E-state index in [1.54, 1.807) is 0 Å². The summed E-state index contributed by atoms with van der Waals surface area (Å²) in [5.74, 6) is 7.78. The zero-order chi connectivity index (χ0) is 13.0. The molecule has 1 aliphatic heterocycles. The van der Waals surface area contributed by atoms with Gasteiger partial charge in [0.25, 0.3) is 0 Å². The molecule has 19 heavy (non-hydrogen) atoms. The Morgan fingerprint density at radius 1 is 1.26 bits per heavy atom. The SMILES string of the molecule is O=C1O[C@H]2[C@H](C#Cc3ccccc3Cl)[C@@H]3C[C@H]2[C@H]1C3. The van der Waals surface area contributed by atoms with Crippen molar-refractivity contribution >= 4 is 17.6 Å². The Labute approximate surface area is 117 Å². The summed E-state index contributed by atoms with van der Waals surface area (Å²) in [5.41, 5.74) is 0.854. The number of carbonyl (C=O) groups excluding carboxylic acids is 1. The molecule has 2 saturated carbocycles. The highest BCUT2D eigenvalue weighted by molar-refractivity contribution is 6.31. The summed E-state index contributed by atoms with van der Waals surface area (Å²) in [6.45, 7) is 0. The van der Waals surface area contributed by atoms with Crippen molar-refractivity contribution in [1.29, 1.82) is 0 Å². The fourth-order valence-electron chi connectivity index (χ4n) is 3.88. The molecule has 1 aromatic carbocycles. The van der Waals surface area contributed by atoms with Gasteiger partial charge in [-0.1, -0.05) is 35.6 Å². The molecule has 1 saturated heterocycles. The molecular weight excluding hydrogens is 260 g/mol. The van der Waals surface area contributed by atoms with Crippen molar-refractivity contribution in [3.63, 3.8) is 0 Å². The van der Waals surface area contributed by atoms with E-state index in [-0.39, 0.29) is 23.9 Å². The van der Waals surface area contributed by atoms with Gasteiger partial charge in [-0.05, 0) is 30.9 Å². The van der Waals surface area contributed by atoms with Gasteiger partial charge in [0.2, 0.25) is 0 Å². The Bertz CT molecular complexity index is 613. The van der Waals surface area contributed by atoms with Crippen molar-refractivity contribution in [3.05, 3.63) is 34.9 Å². The summed E-state index contributed by atoms with van der Waals surface area (Å²) in [7, 11) is 0. The first-order chi connectivity index (χ1) is 9.24. The van der Waals surface area contributed by atoms with Crippen LogP contribution in [-0.2, 0) is 9.53 Å². The van der Waals surface area contributed by atoms with Crippen molar-refractivity contribution in [2.24, 2.45) is 23.7 Å². The summed E-state index contributed by atoms with van der Waals surface area (Å²) in [6.07, 6.45) is 2.09. The first kappa shape index (κ1) is 11.4. The summed E-state index contributed by atoms with van der Waals surface area (Å²) in [4.78, 5) is 11.7. The average Bonchev–Trinajstić information content (AvgIpc) is 3.01. The molecule has 3 heteroatoms. The normalized spacial score (nSPS) is 37.9. The van der Waals surface area contributed by atoms with E-state index in [9.17, 15) is 4.79 Å². The lowest BCUT2D eigenvalue weighted by molar-refractivity contribution is -0.143. The predicted molar refractivity (Wildman–Crippen MR) is 71.4 cm³/mol. The van der Waals surface area contributed by atoms with E-state index in [1.807, 2.05) is 24.3 Å². The zero-order valence-corrected chi connectivity index (χ0v) is 11.1. The quantitative estimate of drug-likeness (QED) is 0.536. The summed E-state index contributed by atoms with van der Waals surface area (Å²) < 4.78 is 5.50. The van der Waals surface area contributed by atoms with E-state index >= 15 is 0 Å². The van der Waals surface area contributed by atoms with Gasteiger partial charge in [0.05, 0.1) is 16.9 Å². The highest BCUT2D eigenvalue weighted by atomic mass is 35.5. The van der Waals surface area contributed by atoms with Gasteiger partial charge < -0.3 is 4.74 Å². The molecule has 3 aliphatic rings. The smallest absolute Gasteiger partial charge is 0.309 e. The number of halogens is 1. The van der Waals surface area contributed by atoms with Crippen LogP contribution in [0.4, 0.5) is 0 Å². The second-order valence-electron chi connectivity index (χ2n) is 5.68. The van der Waals surface area contributed by atoms with Crippen molar-refractivity contribution in [1.82, 2.24) is 0 Å². The molecule has 4 rings (SSSR count). The lowest BCUT2D eigenvalue weighted by Gasteiger charge is -2.20. The van der Waals surface area contributed by atoms with Gasteiger partial charge in [-0.2, -0.15) is 0 Å². The molecular formula is C16H13ClO2. The lowest BCUT2D eigenvalue weighted by Crippen LogP contribution is -2.25. The number of hydrogen-bond donors (Lipinski definition) is 0. The van der Waals surface area contributed by atoms with Crippen molar-refractivity contribution in [3.8, 4) is 11.8 Å². The van der Waals surface area contributed by atoms with E-state index in [1.165, 1.54) is 0 Å². The number of rotatable bonds is 0. The molecule has 0 radical (unpaired) electrons. The first-order valence-electron chi connectivity index (χ1n) is 6.70. The van der Waals surface area contributed by atoms with Crippen LogP contribution < -0.4 is 0 Å². The fraction of sp³-hybridized carbons (Fsp3) is 0.438. The van der Waals surface area contributed by atoms with Gasteiger partial charge in [-0.15, -0.1) is 0 Å². The maximum atomic E-state index is 11.7. The molecule has 5 atom stereocenters. The molecule has 3 fully saturated rings. The first-order valence-corrected chi connectivity index (χ1v) is 7.08. The number of ether oxygens (including phenoxy) is 1. The van der Waals surface area contributed by atoms with E-state index in [2.05, 4.69) is 11.8 Å². The minimum Gasteiger partial charge on any atom is -0.460 e. The van der Waals surface area contributed by atoms with Crippen LogP contribution in [0.25, 0.3) is 0 Å². The van der Waals surface area contributed by atoms with Gasteiger partial charge in [0.1, 0.15) is 6.10 Å². The maximum absolute atomic E-state index is 11.7. The molecule has 0 spiro atoms. The van der Waals surface area contributed by atoms with Gasteiger partial charge in [0.15, 0.2) is 0 Å². The largest absolute Gasteiger partial charge is 0.460 e. The average molecular weight is 273 g/mol. The Balaban J connectivity index is 1.63. The minimum atomic E-state index is -0.000423. The molecule has 0 amide bonds. The third kappa shape index (κ3) is 1.61. The monoisotopic (exact) mass is 272 g/mol. The maximum Gasteiger partial charge on any atom is 0.309 e. The van der Waals surface area contributed by atoms with E-state index < -0.39 is 0 Å². The molecule has 0 N–H and O–H groups in total. The van der Waals surface area contributed by atoms with Crippen LogP contribution in [0.3, 0.4) is 0 Å². The van der Waals surface area contributed by atoms with Crippen molar-refractivity contribution in [2.75, 3.05) is 0 Å². The molecule has 2 nitrogen and oxygen atoms in total. The molecule has 1 aromatic rings. The molecule has 96 valence electrons. The number of hydrogen-bond acceptors (Lipinski definition) is 2. The van der Waals surface area contributed by atoms with Crippen LogP contribution in [0, 0.1) is 35.5 Å². The van der Waals surface area contributed by atoms with E-state index in [0.29, 0.717) is 16.9 Å². The second kappa shape index (κ2) is 4.02. The third-order valence-corrected chi connectivity index (χ3v) is 5.06. The number of carbonyl (C=O) groups is 1. The summed E-state index contributed by atoms with van der Waals surface area (Å²) in [5, 5.41) is 0.680. The Kier molecular flexibility index (Phi) is 2.40.